The summed E-state index contributed by atoms with van der Waals surface area (Å²) in [6.45, 7) is 8.49. The van der Waals surface area contributed by atoms with Crippen molar-refractivity contribution in [2.24, 2.45) is 0 Å². The third kappa shape index (κ3) is 2.99. The number of hydrogen-bond acceptors (Lipinski definition) is 2. The molecule has 0 fully saturated rings. The van der Waals surface area contributed by atoms with Gasteiger partial charge in [-0.1, -0.05) is 35.9 Å². The number of aromatic nitrogens is 2. The van der Waals surface area contributed by atoms with Gasteiger partial charge in [0, 0.05) is 17.8 Å². The van der Waals surface area contributed by atoms with E-state index in [-0.39, 0.29) is 6.04 Å². The molecule has 2 rings (SSSR count). The lowest BCUT2D eigenvalue weighted by Gasteiger charge is -2.18. The fourth-order valence-corrected chi connectivity index (χ4v) is 2.36. The highest BCUT2D eigenvalue weighted by atomic mass is 35.5. The van der Waals surface area contributed by atoms with E-state index in [2.05, 4.69) is 28.4 Å². The molecule has 0 aliphatic rings. The van der Waals surface area contributed by atoms with Crippen molar-refractivity contribution in [3.05, 3.63) is 59.4 Å². The monoisotopic (exact) mass is 275 g/mol. The minimum atomic E-state index is 0.127. The lowest BCUT2D eigenvalue weighted by atomic mass is 10.1. The van der Waals surface area contributed by atoms with Crippen LogP contribution in [-0.4, -0.2) is 16.1 Å². The van der Waals surface area contributed by atoms with Crippen molar-refractivity contribution in [2.75, 3.05) is 11.9 Å². The van der Waals surface area contributed by atoms with Gasteiger partial charge in [-0.15, -0.1) is 6.58 Å². The van der Waals surface area contributed by atoms with Gasteiger partial charge in [0.2, 0.25) is 5.95 Å². The third-order valence-electron chi connectivity index (χ3n) is 3.03. The predicted molar refractivity (Wildman–Crippen MR) is 80.9 cm³/mol. The second-order valence-corrected chi connectivity index (χ2v) is 4.89. The number of rotatable bonds is 5. The average molecular weight is 276 g/mol. The maximum atomic E-state index is 6.26. The van der Waals surface area contributed by atoms with Crippen LogP contribution in [0.2, 0.25) is 5.02 Å². The molecule has 4 heteroatoms. The standard InChI is InChI=1S/C15H18ClN3/c1-4-9-17-15-18-11(2)10-19(15)12(3)13-7-5-6-8-14(13)16/h4-8,10,12H,1,9H2,2-3H3,(H,17,18). The van der Waals surface area contributed by atoms with Crippen LogP contribution in [0.15, 0.2) is 43.1 Å². The normalized spacial score (nSPS) is 12.2. The van der Waals surface area contributed by atoms with Gasteiger partial charge in [0.15, 0.2) is 0 Å². The number of hydrogen-bond donors (Lipinski definition) is 1. The highest BCUT2D eigenvalue weighted by Gasteiger charge is 2.15. The molecule has 0 aliphatic carbocycles. The van der Waals surface area contributed by atoms with Crippen molar-refractivity contribution in [1.29, 1.82) is 0 Å². The molecule has 100 valence electrons. The van der Waals surface area contributed by atoms with E-state index in [9.17, 15) is 0 Å². The summed E-state index contributed by atoms with van der Waals surface area (Å²) < 4.78 is 2.10. The zero-order valence-corrected chi connectivity index (χ0v) is 12.0. The molecule has 1 aromatic heterocycles. The molecular weight excluding hydrogens is 258 g/mol. The zero-order valence-electron chi connectivity index (χ0n) is 11.2. The first kappa shape index (κ1) is 13.7. The van der Waals surface area contributed by atoms with Gasteiger partial charge in [0.1, 0.15) is 0 Å². The predicted octanol–water partition coefficient (Wildman–Crippen LogP) is 4.05. The number of benzene rings is 1. The summed E-state index contributed by atoms with van der Waals surface area (Å²) in [5.41, 5.74) is 2.06. The molecule has 0 saturated heterocycles. The Kier molecular flexibility index (Phi) is 4.27. The molecule has 1 unspecified atom stereocenters. The van der Waals surface area contributed by atoms with Crippen molar-refractivity contribution in [1.82, 2.24) is 9.55 Å². The lowest BCUT2D eigenvalue weighted by Crippen LogP contribution is -2.12. The molecule has 0 saturated carbocycles. The van der Waals surface area contributed by atoms with Crippen LogP contribution in [-0.2, 0) is 0 Å². The van der Waals surface area contributed by atoms with Crippen LogP contribution < -0.4 is 5.32 Å². The number of aryl methyl sites for hydroxylation is 1. The summed E-state index contributed by atoms with van der Waals surface area (Å²) in [6, 6.07) is 8.02. The summed E-state index contributed by atoms with van der Waals surface area (Å²) in [4.78, 5) is 4.49. The van der Waals surface area contributed by atoms with Gasteiger partial charge in [-0.25, -0.2) is 4.98 Å². The quantitative estimate of drug-likeness (QED) is 0.834. The summed E-state index contributed by atoms with van der Waals surface area (Å²) in [5, 5.41) is 4.02. The largest absolute Gasteiger partial charge is 0.352 e. The van der Waals surface area contributed by atoms with Crippen LogP contribution in [0.3, 0.4) is 0 Å². The van der Waals surface area contributed by atoms with Crippen molar-refractivity contribution in [3.8, 4) is 0 Å². The Morgan fingerprint density at radius 2 is 2.21 bits per heavy atom. The van der Waals surface area contributed by atoms with Gasteiger partial charge in [0.25, 0.3) is 0 Å². The van der Waals surface area contributed by atoms with Crippen LogP contribution in [0.5, 0.6) is 0 Å². The van der Waals surface area contributed by atoms with Crippen molar-refractivity contribution in [2.45, 2.75) is 19.9 Å². The molecule has 1 aromatic carbocycles. The molecule has 1 atom stereocenters. The second kappa shape index (κ2) is 5.93. The molecule has 0 spiro atoms. The van der Waals surface area contributed by atoms with Gasteiger partial charge in [-0.05, 0) is 25.5 Å². The van der Waals surface area contributed by atoms with E-state index in [1.54, 1.807) is 0 Å². The molecule has 0 radical (unpaired) electrons. The summed E-state index contributed by atoms with van der Waals surface area (Å²) in [7, 11) is 0. The van der Waals surface area contributed by atoms with Crippen LogP contribution >= 0.6 is 11.6 Å². The summed E-state index contributed by atoms with van der Waals surface area (Å²) in [6.07, 6.45) is 3.84. The van der Waals surface area contributed by atoms with E-state index < -0.39 is 0 Å². The van der Waals surface area contributed by atoms with Crippen LogP contribution in [0, 0.1) is 6.92 Å². The second-order valence-electron chi connectivity index (χ2n) is 4.48. The van der Waals surface area contributed by atoms with E-state index in [1.807, 2.05) is 43.5 Å². The number of nitrogens with one attached hydrogen (secondary N) is 1. The maximum Gasteiger partial charge on any atom is 0.203 e. The first-order valence-electron chi connectivity index (χ1n) is 6.28. The van der Waals surface area contributed by atoms with E-state index in [0.717, 1.165) is 22.2 Å². The fraction of sp³-hybridized carbons (Fsp3) is 0.267. The number of nitrogens with zero attached hydrogens (tertiary/aromatic N) is 2. The van der Waals surface area contributed by atoms with E-state index >= 15 is 0 Å². The smallest absolute Gasteiger partial charge is 0.203 e. The Bertz CT molecular complexity index is 575. The Balaban J connectivity index is 2.35. The van der Waals surface area contributed by atoms with Crippen molar-refractivity contribution in [3.63, 3.8) is 0 Å². The van der Waals surface area contributed by atoms with Gasteiger partial charge >= 0.3 is 0 Å². The Labute approximate surface area is 118 Å². The van der Waals surface area contributed by atoms with Crippen LogP contribution in [0.4, 0.5) is 5.95 Å². The molecule has 19 heavy (non-hydrogen) atoms. The van der Waals surface area contributed by atoms with Crippen molar-refractivity contribution >= 4 is 17.5 Å². The minimum absolute atomic E-state index is 0.127. The van der Waals surface area contributed by atoms with E-state index in [0.29, 0.717) is 6.54 Å². The first-order chi connectivity index (χ1) is 9.13. The Hall–Kier alpha value is -1.74. The molecule has 0 aliphatic heterocycles. The SMILES string of the molecule is C=CCNc1nc(C)cn1C(C)c1ccccc1Cl. The molecule has 1 heterocycles. The lowest BCUT2D eigenvalue weighted by molar-refractivity contribution is 0.644. The molecule has 2 aromatic rings. The third-order valence-corrected chi connectivity index (χ3v) is 3.37. The zero-order chi connectivity index (χ0) is 13.8. The molecule has 0 amide bonds. The number of halogens is 1. The number of anilines is 1. The Morgan fingerprint density at radius 3 is 2.89 bits per heavy atom. The average Bonchev–Trinajstić information content (AvgIpc) is 2.77. The van der Waals surface area contributed by atoms with Gasteiger partial charge in [0.05, 0.1) is 11.7 Å². The van der Waals surface area contributed by atoms with Crippen LogP contribution in [0.25, 0.3) is 0 Å². The van der Waals surface area contributed by atoms with Gasteiger partial charge < -0.3 is 9.88 Å². The van der Waals surface area contributed by atoms with Gasteiger partial charge in [-0.2, -0.15) is 0 Å². The topological polar surface area (TPSA) is 29.9 Å². The highest BCUT2D eigenvalue weighted by Crippen LogP contribution is 2.28. The van der Waals surface area contributed by atoms with E-state index in [4.69, 9.17) is 11.6 Å². The van der Waals surface area contributed by atoms with Crippen molar-refractivity contribution < 1.29 is 0 Å². The van der Waals surface area contributed by atoms with E-state index in [1.165, 1.54) is 0 Å². The minimum Gasteiger partial charge on any atom is -0.352 e. The highest BCUT2D eigenvalue weighted by molar-refractivity contribution is 6.31. The summed E-state index contributed by atoms with van der Waals surface area (Å²) in [5.74, 6) is 0.838. The summed E-state index contributed by atoms with van der Waals surface area (Å²) >= 11 is 6.26. The molecule has 1 N–H and O–H groups in total. The molecule has 0 bridgehead atoms. The van der Waals surface area contributed by atoms with Crippen LogP contribution in [0.1, 0.15) is 24.2 Å². The maximum absolute atomic E-state index is 6.26. The fourth-order valence-electron chi connectivity index (χ4n) is 2.07. The Morgan fingerprint density at radius 1 is 1.47 bits per heavy atom. The van der Waals surface area contributed by atoms with Gasteiger partial charge in [-0.3, -0.25) is 0 Å². The molecule has 3 nitrogen and oxygen atoms in total. The molecular formula is C15H18ClN3. The number of imidazole rings is 1. The first-order valence-corrected chi connectivity index (χ1v) is 6.66.